The second-order valence-corrected chi connectivity index (χ2v) is 5.45. The fourth-order valence-electron chi connectivity index (χ4n) is 2.24. The minimum atomic E-state index is -0.236. The predicted octanol–water partition coefficient (Wildman–Crippen LogP) is 3.02. The molecule has 106 valence electrons. The Bertz CT molecular complexity index is 616. The highest BCUT2D eigenvalue weighted by Gasteiger charge is 2.22. The zero-order valence-corrected chi connectivity index (χ0v) is 13.4. The van der Waals surface area contributed by atoms with E-state index in [1.165, 1.54) is 5.56 Å². The number of hydrogen-bond acceptors (Lipinski definition) is 4. The van der Waals surface area contributed by atoms with Gasteiger partial charge in [0.05, 0.1) is 18.8 Å². The maximum absolute atomic E-state index is 5.75. The number of benzene rings is 1. The summed E-state index contributed by atoms with van der Waals surface area (Å²) in [5, 5.41) is 0. The van der Waals surface area contributed by atoms with Crippen molar-refractivity contribution in [2.24, 2.45) is 5.84 Å². The van der Waals surface area contributed by atoms with Gasteiger partial charge >= 0.3 is 0 Å². The molecule has 2 aromatic rings. The number of halogens is 1. The zero-order valence-electron chi connectivity index (χ0n) is 11.8. The lowest BCUT2D eigenvalue weighted by Gasteiger charge is -2.21. The molecule has 1 atom stereocenters. The molecule has 1 unspecified atom stereocenters. The van der Waals surface area contributed by atoms with Gasteiger partial charge in [-0.2, -0.15) is 0 Å². The van der Waals surface area contributed by atoms with Crippen molar-refractivity contribution < 1.29 is 4.74 Å². The van der Waals surface area contributed by atoms with Gasteiger partial charge in [-0.25, -0.2) is 5.43 Å². The third kappa shape index (κ3) is 2.70. The lowest BCUT2D eigenvalue weighted by atomic mass is 9.97. The molecule has 0 aliphatic carbocycles. The van der Waals surface area contributed by atoms with E-state index in [9.17, 15) is 0 Å². The van der Waals surface area contributed by atoms with E-state index in [0.717, 1.165) is 27.0 Å². The number of hydrazine groups is 1. The molecule has 0 saturated heterocycles. The smallest absolute Gasteiger partial charge is 0.127 e. The van der Waals surface area contributed by atoms with Crippen LogP contribution in [-0.4, -0.2) is 12.1 Å². The molecule has 0 amide bonds. The van der Waals surface area contributed by atoms with E-state index in [1.54, 1.807) is 13.3 Å². The number of nitrogens with two attached hydrogens (primary N) is 1. The van der Waals surface area contributed by atoms with Crippen LogP contribution < -0.4 is 16.0 Å². The van der Waals surface area contributed by atoms with Crippen molar-refractivity contribution in [1.29, 1.82) is 0 Å². The van der Waals surface area contributed by atoms with Gasteiger partial charge in [0.1, 0.15) is 5.75 Å². The SMILES string of the molecule is COc1c(C(NN)c2ncccc2Br)ccc(C)c1C. The number of ether oxygens (including phenoxy) is 1. The molecule has 0 saturated carbocycles. The topological polar surface area (TPSA) is 60.2 Å². The fraction of sp³-hybridized carbons (Fsp3) is 0.267. The van der Waals surface area contributed by atoms with Crippen LogP contribution in [0, 0.1) is 13.8 Å². The molecule has 5 heteroatoms. The van der Waals surface area contributed by atoms with Gasteiger partial charge in [0.2, 0.25) is 0 Å². The number of aryl methyl sites for hydroxylation is 1. The summed E-state index contributed by atoms with van der Waals surface area (Å²) in [5.41, 5.74) is 6.91. The first kappa shape index (κ1) is 15.0. The molecule has 1 heterocycles. The lowest BCUT2D eigenvalue weighted by molar-refractivity contribution is 0.400. The minimum absolute atomic E-state index is 0.236. The van der Waals surface area contributed by atoms with Gasteiger partial charge in [-0.15, -0.1) is 0 Å². The third-order valence-electron chi connectivity index (χ3n) is 3.45. The number of rotatable bonds is 4. The summed E-state index contributed by atoms with van der Waals surface area (Å²) >= 11 is 3.52. The summed E-state index contributed by atoms with van der Waals surface area (Å²) in [5.74, 6) is 6.59. The second kappa shape index (κ2) is 6.35. The van der Waals surface area contributed by atoms with Crippen molar-refractivity contribution in [3.8, 4) is 5.75 Å². The summed E-state index contributed by atoms with van der Waals surface area (Å²) in [7, 11) is 1.67. The summed E-state index contributed by atoms with van der Waals surface area (Å²) < 4.78 is 6.47. The van der Waals surface area contributed by atoms with Gasteiger partial charge in [-0.1, -0.05) is 12.1 Å². The van der Waals surface area contributed by atoms with Gasteiger partial charge in [0, 0.05) is 16.2 Å². The van der Waals surface area contributed by atoms with Crippen LogP contribution in [0.3, 0.4) is 0 Å². The van der Waals surface area contributed by atoms with Crippen LogP contribution in [0.4, 0.5) is 0 Å². The lowest BCUT2D eigenvalue weighted by Crippen LogP contribution is -2.30. The average Bonchev–Trinajstić information content (AvgIpc) is 2.45. The summed E-state index contributed by atoms with van der Waals surface area (Å²) in [6, 6.07) is 7.67. The number of methoxy groups -OCH3 is 1. The number of hydrogen-bond donors (Lipinski definition) is 2. The normalized spacial score (nSPS) is 12.2. The second-order valence-electron chi connectivity index (χ2n) is 4.60. The van der Waals surface area contributed by atoms with Gasteiger partial charge in [0.25, 0.3) is 0 Å². The van der Waals surface area contributed by atoms with Crippen LogP contribution in [0.25, 0.3) is 0 Å². The molecule has 0 fully saturated rings. The summed E-state index contributed by atoms with van der Waals surface area (Å²) in [4.78, 5) is 4.41. The summed E-state index contributed by atoms with van der Waals surface area (Å²) in [6.45, 7) is 4.10. The first-order chi connectivity index (χ1) is 9.60. The van der Waals surface area contributed by atoms with E-state index in [2.05, 4.69) is 39.3 Å². The highest BCUT2D eigenvalue weighted by Crippen LogP contribution is 2.35. The van der Waals surface area contributed by atoms with Crippen LogP contribution in [0.1, 0.15) is 28.4 Å². The number of aromatic nitrogens is 1. The molecule has 0 aliphatic rings. The molecule has 2 rings (SSSR count). The molecule has 4 nitrogen and oxygen atoms in total. The molecule has 1 aromatic heterocycles. The van der Waals surface area contributed by atoms with E-state index in [1.807, 2.05) is 25.1 Å². The molecule has 0 spiro atoms. The molecule has 0 bridgehead atoms. The number of pyridine rings is 1. The van der Waals surface area contributed by atoms with E-state index in [-0.39, 0.29) is 6.04 Å². The van der Waals surface area contributed by atoms with Crippen LogP contribution in [0.5, 0.6) is 5.75 Å². The van der Waals surface area contributed by atoms with Crippen LogP contribution in [-0.2, 0) is 0 Å². The largest absolute Gasteiger partial charge is 0.496 e. The molecular formula is C15H18BrN3O. The molecule has 1 aromatic carbocycles. The van der Waals surface area contributed by atoms with Crippen LogP contribution in [0.2, 0.25) is 0 Å². The fourth-order valence-corrected chi connectivity index (χ4v) is 2.72. The highest BCUT2D eigenvalue weighted by atomic mass is 79.9. The average molecular weight is 336 g/mol. The molecule has 0 aliphatic heterocycles. The standard InChI is InChI=1S/C15H18BrN3O/c1-9-6-7-11(15(20-3)10(9)2)13(19-17)14-12(16)5-4-8-18-14/h4-8,13,19H,17H2,1-3H3. The molecule has 3 N–H and O–H groups in total. The van der Waals surface area contributed by atoms with Gasteiger partial charge in [-0.3, -0.25) is 10.8 Å². The Labute approximate surface area is 127 Å². The Morgan fingerprint density at radius 2 is 2.05 bits per heavy atom. The summed E-state index contributed by atoms with van der Waals surface area (Å²) in [6.07, 6.45) is 1.75. The maximum Gasteiger partial charge on any atom is 0.127 e. The Balaban J connectivity index is 2.59. The van der Waals surface area contributed by atoms with E-state index in [4.69, 9.17) is 10.6 Å². The van der Waals surface area contributed by atoms with Gasteiger partial charge in [-0.05, 0) is 53.0 Å². The first-order valence-corrected chi connectivity index (χ1v) is 7.10. The Hall–Kier alpha value is -1.43. The molecule has 20 heavy (non-hydrogen) atoms. The number of nitrogens with zero attached hydrogens (tertiary/aromatic N) is 1. The molecular weight excluding hydrogens is 318 g/mol. The Kier molecular flexibility index (Phi) is 4.75. The van der Waals surface area contributed by atoms with Crippen molar-refractivity contribution in [3.05, 3.63) is 57.3 Å². The minimum Gasteiger partial charge on any atom is -0.496 e. The zero-order chi connectivity index (χ0) is 14.7. The monoisotopic (exact) mass is 335 g/mol. The third-order valence-corrected chi connectivity index (χ3v) is 4.12. The van der Waals surface area contributed by atoms with Crippen molar-refractivity contribution in [3.63, 3.8) is 0 Å². The van der Waals surface area contributed by atoms with E-state index in [0.29, 0.717) is 0 Å². The Morgan fingerprint density at radius 3 is 2.65 bits per heavy atom. The van der Waals surface area contributed by atoms with Crippen molar-refractivity contribution in [2.45, 2.75) is 19.9 Å². The Morgan fingerprint density at radius 1 is 1.30 bits per heavy atom. The van der Waals surface area contributed by atoms with E-state index < -0.39 is 0 Å². The van der Waals surface area contributed by atoms with Crippen molar-refractivity contribution in [2.75, 3.05) is 7.11 Å². The molecule has 0 radical (unpaired) electrons. The quantitative estimate of drug-likeness (QED) is 0.666. The maximum atomic E-state index is 5.75. The highest BCUT2D eigenvalue weighted by molar-refractivity contribution is 9.10. The van der Waals surface area contributed by atoms with Crippen LogP contribution in [0.15, 0.2) is 34.9 Å². The van der Waals surface area contributed by atoms with Gasteiger partial charge in [0.15, 0.2) is 0 Å². The predicted molar refractivity (Wildman–Crippen MR) is 83.6 cm³/mol. The van der Waals surface area contributed by atoms with Crippen molar-refractivity contribution in [1.82, 2.24) is 10.4 Å². The van der Waals surface area contributed by atoms with Crippen LogP contribution >= 0.6 is 15.9 Å². The van der Waals surface area contributed by atoms with E-state index >= 15 is 0 Å². The first-order valence-electron chi connectivity index (χ1n) is 6.30. The number of nitrogens with one attached hydrogen (secondary N) is 1. The van der Waals surface area contributed by atoms with Crippen molar-refractivity contribution >= 4 is 15.9 Å². The van der Waals surface area contributed by atoms with Gasteiger partial charge < -0.3 is 4.74 Å².